The SMILES string of the molecule is Cc1ccc(OC(C)C(=O)N=C2C(=O)N(c3ccccc3)N(C)C2C)cc1. The number of anilines is 1. The molecule has 6 nitrogen and oxygen atoms in total. The van der Waals surface area contributed by atoms with Crippen molar-refractivity contribution in [1.29, 1.82) is 0 Å². The number of ether oxygens (including phenoxy) is 1. The molecule has 1 saturated heterocycles. The molecule has 0 spiro atoms. The minimum atomic E-state index is -0.781. The molecule has 0 aromatic heterocycles. The van der Waals surface area contributed by atoms with Gasteiger partial charge in [-0.3, -0.25) is 9.59 Å². The third kappa shape index (κ3) is 3.90. The molecule has 0 bridgehead atoms. The van der Waals surface area contributed by atoms with Crippen molar-refractivity contribution in [3.05, 3.63) is 60.2 Å². The highest BCUT2D eigenvalue weighted by Gasteiger charge is 2.40. The quantitative estimate of drug-likeness (QED) is 0.836. The zero-order valence-corrected chi connectivity index (χ0v) is 15.9. The number of benzene rings is 2. The molecule has 6 heteroatoms. The number of para-hydroxylation sites is 1. The molecule has 2 atom stereocenters. The number of aryl methyl sites for hydroxylation is 1. The standard InChI is InChI=1S/C21H23N3O3/c1-14-10-12-18(13-11-14)27-16(3)20(25)22-19-15(2)23(4)24(21(19)26)17-8-6-5-7-9-17/h5-13,15-16H,1-4H3. The van der Waals surface area contributed by atoms with E-state index in [9.17, 15) is 9.59 Å². The van der Waals surface area contributed by atoms with Crippen molar-refractivity contribution >= 4 is 23.2 Å². The average molecular weight is 365 g/mol. The predicted molar refractivity (Wildman–Crippen MR) is 105 cm³/mol. The lowest BCUT2D eigenvalue weighted by atomic mass is 10.2. The van der Waals surface area contributed by atoms with Gasteiger partial charge < -0.3 is 4.74 Å². The first-order valence-corrected chi connectivity index (χ1v) is 8.86. The lowest BCUT2D eigenvalue weighted by Gasteiger charge is -2.25. The van der Waals surface area contributed by atoms with Crippen LogP contribution in [0.1, 0.15) is 19.4 Å². The average Bonchev–Trinajstić information content (AvgIpc) is 2.87. The molecule has 27 heavy (non-hydrogen) atoms. The Hall–Kier alpha value is -2.99. The minimum absolute atomic E-state index is 0.214. The van der Waals surface area contributed by atoms with Crippen LogP contribution in [0.25, 0.3) is 0 Å². The Labute approximate surface area is 159 Å². The maximum absolute atomic E-state index is 12.8. The summed E-state index contributed by atoms with van der Waals surface area (Å²) < 4.78 is 5.66. The second-order valence-corrected chi connectivity index (χ2v) is 6.61. The largest absolute Gasteiger partial charge is 0.481 e. The van der Waals surface area contributed by atoms with Crippen molar-refractivity contribution in [2.24, 2.45) is 4.99 Å². The van der Waals surface area contributed by atoms with E-state index >= 15 is 0 Å². The van der Waals surface area contributed by atoms with Crippen LogP contribution in [-0.4, -0.2) is 41.7 Å². The Bertz CT molecular complexity index is 862. The number of hydrazine groups is 1. The highest BCUT2D eigenvalue weighted by atomic mass is 16.5. The smallest absolute Gasteiger partial charge is 0.289 e. The van der Waals surface area contributed by atoms with Crippen molar-refractivity contribution < 1.29 is 14.3 Å². The molecule has 1 heterocycles. The Kier molecular flexibility index (Phi) is 5.37. The number of aliphatic imine (C=N–C) groups is 1. The molecule has 0 N–H and O–H groups in total. The van der Waals surface area contributed by atoms with E-state index in [0.717, 1.165) is 11.3 Å². The molecule has 1 aliphatic rings. The van der Waals surface area contributed by atoms with Crippen LogP contribution in [0.2, 0.25) is 0 Å². The summed E-state index contributed by atoms with van der Waals surface area (Å²) >= 11 is 0. The third-order valence-corrected chi connectivity index (χ3v) is 4.60. The van der Waals surface area contributed by atoms with E-state index in [0.29, 0.717) is 5.75 Å². The molecule has 3 rings (SSSR count). The molecule has 1 fully saturated rings. The monoisotopic (exact) mass is 365 g/mol. The Morgan fingerprint density at radius 1 is 1.11 bits per heavy atom. The highest BCUT2D eigenvalue weighted by Crippen LogP contribution is 2.24. The maximum atomic E-state index is 12.8. The number of hydrogen-bond acceptors (Lipinski definition) is 4. The number of nitrogens with zero attached hydrogens (tertiary/aromatic N) is 3. The molecule has 1 aliphatic heterocycles. The normalized spacial score (nSPS) is 20.1. The Morgan fingerprint density at radius 2 is 1.74 bits per heavy atom. The molecule has 0 radical (unpaired) electrons. The summed E-state index contributed by atoms with van der Waals surface area (Å²) in [6.07, 6.45) is -0.781. The van der Waals surface area contributed by atoms with Gasteiger partial charge in [-0.15, -0.1) is 0 Å². The van der Waals surface area contributed by atoms with Crippen LogP contribution < -0.4 is 9.75 Å². The van der Waals surface area contributed by atoms with Crippen LogP contribution in [0.4, 0.5) is 5.69 Å². The van der Waals surface area contributed by atoms with Gasteiger partial charge in [0.2, 0.25) is 0 Å². The van der Waals surface area contributed by atoms with Crippen LogP contribution in [0.5, 0.6) is 5.75 Å². The fraction of sp³-hybridized carbons (Fsp3) is 0.286. The first kappa shape index (κ1) is 18.8. The lowest BCUT2D eigenvalue weighted by molar-refractivity contribution is -0.124. The highest BCUT2D eigenvalue weighted by molar-refractivity contribution is 6.48. The number of hydrogen-bond donors (Lipinski definition) is 0. The van der Waals surface area contributed by atoms with E-state index < -0.39 is 12.0 Å². The summed E-state index contributed by atoms with van der Waals surface area (Å²) in [5, 5.41) is 3.30. The summed E-state index contributed by atoms with van der Waals surface area (Å²) in [6.45, 7) is 5.46. The van der Waals surface area contributed by atoms with Crippen LogP contribution in [0, 0.1) is 6.92 Å². The van der Waals surface area contributed by atoms with Crippen molar-refractivity contribution in [1.82, 2.24) is 5.01 Å². The zero-order chi connectivity index (χ0) is 19.6. The summed E-state index contributed by atoms with van der Waals surface area (Å²) in [5.74, 6) is -0.184. The second-order valence-electron chi connectivity index (χ2n) is 6.61. The molecular formula is C21H23N3O3. The molecule has 2 unspecified atom stereocenters. The van der Waals surface area contributed by atoms with Gasteiger partial charge in [-0.25, -0.2) is 15.0 Å². The molecule has 140 valence electrons. The fourth-order valence-electron chi connectivity index (χ4n) is 2.87. The number of carbonyl (C=O) groups excluding carboxylic acids is 2. The summed E-state index contributed by atoms with van der Waals surface area (Å²) in [6, 6.07) is 16.4. The molecule has 0 aliphatic carbocycles. The Morgan fingerprint density at radius 3 is 2.37 bits per heavy atom. The van der Waals surface area contributed by atoms with E-state index in [1.54, 1.807) is 31.1 Å². The summed E-state index contributed by atoms with van der Waals surface area (Å²) in [4.78, 5) is 29.4. The molecule has 2 amide bonds. The van der Waals surface area contributed by atoms with Gasteiger partial charge in [-0.2, -0.15) is 0 Å². The van der Waals surface area contributed by atoms with Crippen molar-refractivity contribution in [2.75, 3.05) is 12.1 Å². The van der Waals surface area contributed by atoms with E-state index in [4.69, 9.17) is 4.74 Å². The third-order valence-electron chi connectivity index (χ3n) is 4.60. The maximum Gasteiger partial charge on any atom is 0.289 e. The Balaban J connectivity index is 1.77. The van der Waals surface area contributed by atoms with Crippen LogP contribution in [-0.2, 0) is 9.59 Å². The van der Waals surface area contributed by atoms with Crippen LogP contribution in [0.15, 0.2) is 59.6 Å². The van der Waals surface area contributed by atoms with Gasteiger partial charge in [0.15, 0.2) is 6.10 Å². The second kappa shape index (κ2) is 7.72. The van der Waals surface area contributed by atoms with Gasteiger partial charge in [0.05, 0.1) is 11.7 Å². The van der Waals surface area contributed by atoms with Gasteiger partial charge in [0.25, 0.3) is 11.8 Å². The number of amides is 2. The number of rotatable bonds is 4. The van der Waals surface area contributed by atoms with Gasteiger partial charge >= 0.3 is 0 Å². The van der Waals surface area contributed by atoms with E-state index in [1.807, 2.05) is 56.3 Å². The minimum Gasteiger partial charge on any atom is -0.481 e. The lowest BCUT2D eigenvalue weighted by Crippen LogP contribution is -2.38. The van der Waals surface area contributed by atoms with Gasteiger partial charge in [-0.1, -0.05) is 35.9 Å². The summed E-state index contributed by atoms with van der Waals surface area (Å²) in [5.41, 5.74) is 2.06. The molecule has 0 saturated carbocycles. The molecule has 2 aromatic carbocycles. The van der Waals surface area contributed by atoms with Crippen LogP contribution in [0.3, 0.4) is 0 Å². The number of carbonyl (C=O) groups is 2. The van der Waals surface area contributed by atoms with Crippen molar-refractivity contribution in [3.8, 4) is 5.75 Å². The fourth-order valence-corrected chi connectivity index (χ4v) is 2.87. The van der Waals surface area contributed by atoms with Gasteiger partial charge in [0.1, 0.15) is 11.5 Å². The van der Waals surface area contributed by atoms with E-state index in [1.165, 1.54) is 5.01 Å². The van der Waals surface area contributed by atoms with E-state index in [-0.39, 0.29) is 17.7 Å². The van der Waals surface area contributed by atoms with Gasteiger partial charge in [0, 0.05) is 7.05 Å². The first-order valence-electron chi connectivity index (χ1n) is 8.86. The first-order chi connectivity index (χ1) is 12.9. The van der Waals surface area contributed by atoms with Crippen molar-refractivity contribution in [3.63, 3.8) is 0 Å². The summed E-state index contributed by atoms with van der Waals surface area (Å²) in [7, 11) is 1.80. The molecular weight excluding hydrogens is 342 g/mol. The van der Waals surface area contributed by atoms with Gasteiger partial charge in [-0.05, 0) is 45.0 Å². The predicted octanol–water partition coefficient (Wildman–Crippen LogP) is 3.01. The van der Waals surface area contributed by atoms with Crippen molar-refractivity contribution in [2.45, 2.75) is 32.9 Å². The molecule has 2 aromatic rings. The van der Waals surface area contributed by atoms with Crippen LogP contribution >= 0.6 is 0 Å². The van der Waals surface area contributed by atoms with E-state index in [2.05, 4.69) is 4.99 Å². The topological polar surface area (TPSA) is 62.2 Å². The zero-order valence-electron chi connectivity index (χ0n) is 15.9.